The second-order valence-electron chi connectivity index (χ2n) is 10.1. The highest BCUT2D eigenvalue weighted by Crippen LogP contribution is 2.53. The lowest BCUT2D eigenvalue weighted by Crippen LogP contribution is -2.65. The number of hydrogen-bond donors (Lipinski definition) is 5. The molecule has 2 aromatic rings. The Hall–Kier alpha value is -4.42. The smallest absolute Gasteiger partial charge is 0.255 e. The second kappa shape index (κ2) is 9.10. The molecule has 5 rings (SSSR count). The van der Waals surface area contributed by atoms with Crippen LogP contribution >= 0.6 is 0 Å². The van der Waals surface area contributed by atoms with E-state index in [1.807, 2.05) is 0 Å². The Morgan fingerprint density at radius 2 is 1.92 bits per heavy atom. The molecule has 1 amide bonds. The number of phenolic OH excluding ortho intramolecular Hbond substituents is 1. The molecule has 0 spiro atoms. The Kier molecular flexibility index (Phi) is 6.11. The molecule has 1 aromatic heterocycles. The van der Waals surface area contributed by atoms with E-state index in [4.69, 9.17) is 10.2 Å². The van der Waals surface area contributed by atoms with Crippen LogP contribution in [0.15, 0.2) is 50.7 Å². The number of fused-ring (bicyclic) bond motifs is 3. The molecule has 204 valence electrons. The molecule has 0 radical (unpaired) electrons. The number of Topliss-reactive ketones (excluding diaryl/α,β-unsaturated/α-hetero) is 2. The van der Waals surface area contributed by atoms with Crippen molar-refractivity contribution in [2.24, 2.45) is 22.7 Å². The average Bonchev–Trinajstić information content (AvgIpc) is 3.33. The zero-order chi connectivity index (χ0) is 28.4. The maximum Gasteiger partial charge on any atom is 0.255 e. The van der Waals surface area contributed by atoms with E-state index in [2.05, 4.69) is 9.99 Å². The Bertz CT molecular complexity index is 1520. The molecule has 39 heavy (non-hydrogen) atoms. The molecular weight excluding hydrogens is 510 g/mol. The van der Waals surface area contributed by atoms with Crippen molar-refractivity contribution in [1.82, 2.24) is 4.90 Å². The molecule has 1 heterocycles. The second-order valence-corrected chi connectivity index (χ2v) is 10.1. The number of aromatic hydroxyl groups is 1. The van der Waals surface area contributed by atoms with Crippen LogP contribution < -0.4 is 5.73 Å². The summed E-state index contributed by atoms with van der Waals surface area (Å²) < 4.78 is 5.83. The summed E-state index contributed by atoms with van der Waals surface area (Å²) >= 11 is 0. The highest BCUT2D eigenvalue weighted by Gasteiger charge is 2.64. The van der Waals surface area contributed by atoms with Gasteiger partial charge >= 0.3 is 0 Å². The number of phenols is 1. The fourth-order valence-corrected chi connectivity index (χ4v) is 6.15. The van der Waals surface area contributed by atoms with Gasteiger partial charge in [-0.15, -0.1) is 0 Å². The number of carbonyl (C=O) groups excluding carboxylic acids is 3. The minimum atomic E-state index is -2.69. The van der Waals surface area contributed by atoms with Crippen LogP contribution in [0.5, 0.6) is 5.75 Å². The third kappa shape index (κ3) is 3.67. The molecule has 0 saturated heterocycles. The van der Waals surface area contributed by atoms with Crippen LogP contribution in [0.2, 0.25) is 0 Å². The number of nitrogens with zero attached hydrogens (tertiary/aromatic N) is 2. The number of oxime groups is 1. The van der Waals surface area contributed by atoms with Crippen LogP contribution in [0, 0.1) is 11.8 Å². The van der Waals surface area contributed by atoms with Crippen molar-refractivity contribution in [2.45, 2.75) is 24.5 Å². The van der Waals surface area contributed by atoms with Crippen molar-refractivity contribution in [3.63, 3.8) is 0 Å². The lowest BCUT2D eigenvalue weighted by molar-refractivity contribution is -0.153. The summed E-state index contributed by atoms with van der Waals surface area (Å²) in [5.74, 6) is -6.22. The average molecular weight is 538 g/mol. The topological polar surface area (TPSA) is 196 Å². The van der Waals surface area contributed by atoms with E-state index in [0.29, 0.717) is 22.6 Å². The number of likely N-dealkylation sites (N-methyl/N-ethyl adjacent to an activating group) is 1. The lowest BCUT2D eigenvalue weighted by Gasteiger charge is -2.50. The van der Waals surface area contributed by atoms with Crippen LogP contribution in [0.4, 0.5) is 0 Å². The number of ketones is 2. The molecule has 0 bridgehead atoms. The first kappa shape index (κ1) is 26.2. The van der Waals surface area contributed by atoms with Gasteiger partial charge in [-0.3, -0.25) is 19.3 Å². The fraction of sp³-hybridized carbons (Fsp3) is 0.333. The van der Waals surface area contributed by atoms with Crippen molar-refractivity contribution in [2.75, 3.05) is 21.2 Å². The molecular formula is C27H27N3O9. The van der Waals surface area contributed by atoms with Crippen molar-refractivity contribution < 1.29 is 44.1 Å². The highest BCUT2D eigenvalue weighted by atomic mass is 16.6. The van der Waals surface area contributed by atoms with E-state index < -0.39 is 58.0 Å². The predicted octanol–water partition coefficient (Wildman–Crippen LogP) is 1.20. The lowest BCUT2D eigenvalue weighted by atomic mass is 9.57. The molecule has 3 aliphatic carbocycles. The number of furan rings is 1. The molecule has 4 unspecified atom stereocenters. The van der Waals surface area contributed by atoms with Gasteiger partial charge in [0.15, 0.2) is 11.4 Å². The zero-order valence-corrected chi connectivity index (χ0v) is 21.3. The number of carbonyl (C=O) groups is 3. The summed E-state index contributed by atoms with van der Waals surface area (Å²) in [7, 11) is 4.48. The van der Waals surface area contributed by atoms with Gasteiger partial charge in [-0.25, -0.2) is 0 Å². The molecule has 1 saturated carbocycles. The third-order valence-electron chi connectivity index (χ3n) is 7.78. The van der Waals surface area contributed by atoms with Crippen molar-refractivity contribution >= 4 is 29.4 Å². The maximum atomic E-state index is 13.9. The molecule has 1 aromatic carbocycles. The summed E-state index contributed by atoms with van der Waals surface area (Å²) in [6, 6.07) is 5.14. The maximum absolute atomic E-state index is 13.9. The minimum absolute atomic E-state index is 0.00917. The van der Waals surface area contributed by atoms with E-state index in [1.54, 1.807) is 32.3 Å². The summed E-state index contributed by atoms with van der Waals surface area (Å²) in [6.45, 7) is 0. The van der Waals surface area contributed by atoms with E-state index in [-0.39, 0.29) is 29.7 Å². The Balaban J connectivity index is 1.69. The molecule has 3 aliphatic rings. The third-order valence-corrected chi connectivity index (χ3v) is 7.78. The van der Waals surface area contributed by atoms with Gasteiger partial charge in [0, 0.05) is 17.1 Å². The number of hydrogen-bond acceptors (Lipinski definition) is 11. The van der Waals surface area contributed by atoms with Gasteiger partial charge in [0.2, 0.25) is 5.78 Å². The largest absolute Gasteiger partial charge is 0.508 e. The first-order valence-corrected chi connectivity index (χ1v) is 12.1. The van der Waals surface area contributed by atoms with E-state index in [9.17, 15) is 34.8 Å². The molecule has 12 heteroatoms. The van der Waals surface area contributed by atoms with Gasteiger partial charge < -0.3 is 35.4 Å². The quantitative estimate of drug-likeness (QED) is 0.210. The number of aliphatic hydroxyl groups excluding tert-OH is 2. The number of rotatable bonds is 5. The van der Waals surface area contributed by atoms with Gasteiger partial charge in [0.25, 0.3) is 5.91 Å². The molecule has 4 atom stereocenters. The normalized spacial score (nSPS) is 26.6. The van der Waals surface area contributed by atoms with Crippen LogP contribution in [-0.4, -0.2) is 81.9 Å². The van der Waals surface area contributed by atoms with E-state index in [1.165, 1.54) is 24.3 Å². The monoisotopic (exact) mass is 537 g/mol. The zero-order valence-electron chi connectivity index (χ0n) is 21.3. The SMILES string of the molecule is CO/N=C/c1ccc(-c2ccc(O)c3c2CC2CC4C(N(C)C)C(=O)C(C(N)=O)=C(O)C4(O)C(=O)C2=C3O)o1. The van der Waals surface area contributed by atoms with Crippen LogP contribution in [0.1, 0.15) is 23.3 Å². The Labute approximate surface area is 222 Å². The van der Waals surface area contributed by atoms with Crippen molar-refractivity contribution in [1.29, 1.82) is 0 Å². The summed E-state index contributed by atoms with van der Waals surface area (Å²) in [5, 5.41) is 48.3. The first-order chi connectivity index (χ1) is 18.4. The molecule has 0 aliphatic heterocycles. The van der Waals surface area contributed by atoms with Crippen LogP contribution in [0.3, 0.4) is 0 Å². The fourth-order valence-electron chi connectivity index (χ4n) is 6.15. The summed E-state index contributed by atoms with van der Waals surface area (Å²) in [6.07, 6.45) is 1.50. The van der Waals surface area contributed by atoms with Crippen LogP contribution in [0.25, 0.3) is 17.1 Å². The number of nitrogens with two attached hydrogens (primary N) is 1. The summed E-state index contributed by atoms with van der Waals surface area (Å²) in [4.78, 5) is 45.3. The van der Waals surface area contributed by atoms with Gasteiger partial charge in [-0.05, 0) is 62.7 Å². The van der Waals surface area contributed by atoms with Crippen molar-refractivity contribution in [3.8, 4) is 17.1 Å². The Morgan fingerprint density at radius 1 is 1.21 bits per heavy atom. The number of amides is 1. The molecule has 1 fully saturated rings. The first-order valence-electron chi connectivity index (χ1n) is 12.1. The standard InChI is InChI=1S/C27H27N3O9/c1-30(2)21-15-9-11-8-14-13(17-7-4-12(39-17)10-29-38-3)5-6-16(31)19(14)22(32)18(11)24(34)27(15,37)25(35)20(23(21)33)26(28)36/h4-7,10-11,15,21,31-32,35,37H,8-9H2,1-3H3,(H2,28,36)/b29-10+. The van der Waals surface area contributed by atoms with Crippen LogP contribution in [-0.2, 0) is 25.6 Å². The number of primary amides is 1. The Morgan fingerprint density at radius 3 is 2.56 bits per heavy atom. The van der Waals surface area contributed by atoms with Gasteiger partial charge in [-0.1, -0.05) is 5.16 Å². The van der Waals surface area contributed by atoms with Crippen molar-refractivity contribution in [3.05, 3.63) is 58.1 Å². The summed E-state index contributed by atoms with van der Waals surface area (Å²) in [5.41, 5.74) is 2.59. The van der Waals surface area contributed by atoms with Gasteiger partial charge in [-0.2, -0.15) is 0 Å². The molecule has 6 N–H and O–H groups in total. The highest BCUT2D eigenvalue weighted by molar-refractivity contribution is 6.24. The molecule has 12 nitrogen and oxygen atoms in total. The van der Waals surface area contributed by atoms with E-state index in [0.717, 1.165) is 0 Å². The number of aliphatic hydroxyl groups is 3. The minimum Gasteiger partial charge on any atom is -0.508 e. The van der Waals surface area contributed by atoms with E-state index >= 15 is 0 Å². The predicted molar refractivity (Wildman–Crippen MR) is 137 cm³/mol. The van der Waals surface area contributed by atoms with Gasteiger partial charge in [0.1, 0.15) is 47.7 Å². The van der Waals surface area contributed by atoms with Gasteiger partial charge in [0.05, 0.1) is 11.6 Å². The number of benzene rings is 1.